The lowest BCUT2D eigenvalue weighted by atomic mass is 9.83. The molecule has 1 N–H and O–H groups in total. The molecule has 4 rings (SSSR count). The average Bonchev–Trinajstić information content (AvgIpc) is 3.14. The number of urea groups is 1. The van der Waals surface area contributed by atoms with Crippen molar-refractivity contribution in [3.05, 3.63) is 35.9 Å². The van der Waals surface area contributed by atoms with Crippen molar-refractivity contribution in [2.24, 2.45) is 5.92 Å². The molecule has 192 valence electrons. The maximum absolute atomic E-state index is 13.4. The maximum Gasteiger partial charge on any atom is 0.324 e. The second-order valence-corrected chi connectivity index (χ2v) is 10.1. The molecule has 0 saturated carbocycles. The van der Waals surface area contributed by atoms with Crippen molar-refractivity contribution in [2.75, 3.05) is 46.4 Å². The number of amides is 4. The Hall–Kier alpha value is -2.45. The predicted molar refractivity (Wildman–Crippen MR) is 134 cm³/mol. The van der Waals surface area contributed by atoms with Crippen molar-refractivity contribution in [1.29, 1.82) is 0 Å². The zero-order valence-electron chi connectivity index (χ0n) is 21.0. The van der Waals surface area contributed by atoms with E-state index >= 15 is 0 Å². The van der Waals surface area contributed by atoms with Crippen molar-refractivity contribution in [3.63, 3.8) is 0 Å². The van der Waals surface area contributed by atoms with Gasteiger partial charge in [-0.3, -0.25) is 14.5 Å². The van der Waals surface area contributed by atoms with E-state index in [2.05, 4.69) is 10.2 Å². The van der Waals surface area contributed by atoms with Crippen LogP contribution >= 0.6 is 0 Å². The summed E-state index contributed by atoms with van der Waals surface area (Å²) >= 11 is 0. The van der Waals surface area contributed by atoms with E-state index in [1.54, 1.807) is 7.11 Å². The lowest BCUT2D eigenvalue weighted by Gasteiger charge is -2.45. The van der Waals surface area contributed by atoms with Gasteiger partial charge in [-0.2, -0.15) is 0 Å². The zero-order valence-corrected chi connectivity index (χ0v) is 21.0. The number of hydrogen-bond acceptors (Lipinski definition) is 5. The molecule has 35 heavy (non-hydrogen) atoms. The molecular formula is C27H40N4O4. The van der Waals surface area contributed by atoms with Gasteiger partial charge in [0, 0.05) is 39.4 Å². The molecule has 3 atom stereocenters. The normalized spacial score (nSPS) is 24.8. The van der Waals surface area contributed by atoms with Gasteiger partial charge in [0.1, 0.15) is 6.04 Å². The third-order valence-corrected chi connectivity index (χ3v) is 7.77. The summed E-state index contributed by atoms with van der Waals surface area (Å²) < 4.78 is 5.23. The quantitative estimate of drug-likeness (QED) is 0.386. The average molecular weight is 485 g/mol. The van der Waals surface area contributed by atoms with Crippen LogP contribution in [-0.4, -0.2) is 91.1 Å². The second-order valence-electron chi connectivity index (χ2n) is 10.1. The maximum atomic E-state index is 13.4. The number of imide groups is 1. The Balaban J connectivity index is 1.36. The Morgan fingerprint density at radius 2 is 1.91 bits per heavy atom. The Labute approximate surface area is 209 Å². The van der Waals surface area contributed by atoms with Gasteiger partial charge in [-0.05, 0) is 63.1 Å². The molecule has 1 aromatic rings. The number of nitrogens with zero attached hydrogens (tertiary/aromatic N) is 3. The summed E-state index contributed by atoms with van der Waals surface area (Å²) in [5.74, 6) is 0.108. The number of methoxy groups -OCH3 is 1. The summed E-state index contributed by atoms with van der Waals surface area (Å²) in [6, 6.07) is 9.16. The fourth-order valence-electron chi connectivity index (χ4n) is 5.91. The van der Waals surface area contributed by atoms with Crippen LogP contribution in [-0.2, 0) is 20.7 Å². The zero-order chi connectivity index (χ0) is 24.6. The van der Waals surface area contributed by atoms with Crippen molar-refractivity contribution in [3.8, 4) is 0 Å². The Morgan fingerprint density at radius 3 is 2.71 bits per heavy atom. The minimum Gasteiger partial charge on any atom is -0.385 e. The number of nitrogens with one attached hydrogen (secondary N) is 1. The SMILES string of the molecule is COCCCN(C[C@@H]1CCCN2CCCC[C@@H]12)C(=O)C[C@H]1NC(=O)N(CCc2ccccc2)C1=O. The number of carbonyl (C=O) groups is 3. The number of piperidine rings is 2. The van der Waals surface area contributed by atoms with Crippen molar-refractivity contribution in [1.82, 2.24) is 20.0 Å². The van der Waals surface area contributed by atoms with Crippen LogP contribution in [0.15, 0.2) is 30.3 Å². The fourth-order valence-corrected chi connectivity index (χ4v) is 5.91. The van der Waals surface area contributed by atoms with Gasteiger partial charge in [0.05, 0.1) is 6.42 Å². The molecule has 0 aromatic heterocycles. The molecule has 0 aliphatic carbocycles. The van der Waals surface area contributed by atoms with Crippen LogP contribution in [0, 0.1) is 5.92 Å². The van der Waals surface area contributed by atoms with E-state index in [1.807, 2.05) is 35.2 Å². The molecule has 0 bridgehead atoms. The highest BCUT2D eigenvalue weighted by atomic mass is 16.5. The van der Waals surface area contributed by atoms with E-state index in [0.717, 1.165) is 24.9 Å². The van der Waals surface area contributed by atoms with Crippen LogP contribution in [0.1, 0.15) is 50.5 Å². The van der Waals surface area contributed by atoms with Crippen LogP contribution in [0.25, 0.3) is 0 Å². The Kier molecular flexibility index (Phi) is 9.15. The molecule has 3 fully saturated rings. The van der Waals surface area contributed by atoms with Crippen molar-refractivity contribution >= 4 is 17.8 Å². The molecule has 0 spiro atoms. The van der Waals surface area contributed by atoms with Gasteiger partial charge in [0.25, 0.3) is 5.91 Å². The highest BCUT2D eigenvalue weighted by Gasteiger charge is 2.40. The van der Waals surface area contributed by atoms with Gasteiger partial charge < -0.3 is 19.9 Å². The van der Waals surface area contributed by atoms with Crippen LogP contribution in [0.5, 0.6) is 0 Å². The number of carbonyl (C=O) groups excluding carboxylic acids is 3. The van der Waals surface area contributed by atoms with Crippen molar-refractivity contribution < 1.29 is 19.1 Å². The topological polar surface area (TPSA) is 82.2 Å². The van der Waals surface area contributed by atoms with E-state index < -0.39 is 12.1 Å². The molecule has 8 heteroatoms. The summed E-state index contributed by atoms with van der Waals surface area (Å²) in [4.78, 5) is 44.7. The molecule has 4 amide bonds. The largest absolute Gasteiger partial charge is 0.385 e. The molecule has 0 radical (unpaired) electrons. The van der Waals surface area contributed by atoms with E-state index in [0.29, 0.717) is 38.1 Å². The number of ether oxygens (including phenoxy) is 1. The first-order valence-corrected chi connectivity index (χ1v) is 13.2. The van der Waals surface area contributed by atoms with E-state index in [-0.39, 0.29) is 18.2 Å². The standard InChI is InChI=1S/C27H40N4O4/c1-35-18-8-16-30(20-22-11-7-15-29-14-6-5-12-24(22)29)25(32)19-23-26(33)31(27(34)28-23)17-13-21-9-3-2-4-10-21/h2-4,9-10,22-24H,5-8,11-20H2,1H3,(H,28,34)/t22-,23+,24-/m0/s1. The molecule has 0 unspecified atom stereocenters. The minimum absolute atomic E-state index is 0.0144. The van der Waals surface area contributed by atoms with E-state index in [9.17, 15) is 14.4 Å². The van der Waals surface area contributed by atoms with Crippen LogP contribution < -0.4 is 5.32 Å². The summed E-state index contributed by atoms with van der Waals surface area (Å²) in [6.07, 6.45) is 7.43. The monoisotopic (exact) mass is 484 g/mol. The fraction of sp³-hybridized carbons (Fsp3) is 0.667. The van der Waals surface area contributed by atoms with Gasteiger partial charge in [-0.1, -0.05) is 36.8 Å². The number of hydrogen-bond donors (Lipinski definition) is 1. The van der Waals surface area contributed by atoms with Gasteiger partial charge >= 0.3 is 6.03 Å². The highest BCUT2D eigenvalue weighted by Crippen LogP contribution is 2.31. The molecule has 3 saturated heterocycles. The van der Waals surface area contributed by atoms with Gasteiger partial charge in [0.15, 0.2) is 0 Å². The van der Waals surface area contributed by atoms with E-state index in [4.69, 9.17) is 4.74 Å². The highest BCUT2D eigenvalue weighted by molar-refractivity contribution is 6.05. The van der Waals surface area contributed by atoms with Crippen LogP contribution in [0.4, 0.5) is 4.79 Å². The smallest absolute Gasteiger partial charge is 0.324 e. The summed E-state index contributed by atoms with van der Waals surface area (Å²) in [6.45, 7) is 4.58. The molecule has 8 nitrogen and oxygen atoms in total. The van der Waals surface area contributed by atoms with E-state index in [1.165, 1.54) is 43.7 Å². The second kappa shape index (κ2) is 12.5. The first-order chi connectivity index (χ1) is 17.1. The van der Waals surface area contributed by atoms with Crippen LogP contribution in [0.2, 0.25) is 0 Å². The Bertz CT molecular complexity index is 862. The molecule has 3 aliphatic heterocycles. The summed E-state index contributed by atoms with van der Waals surface area (Å²) in [5.41, 5.74) is 1.07. The number of benzene rings is 1. The summed E-state index contributed by atoms with van der Waals surface area (Å²) in [7, 11) is 1.67. The van der Waals surface area contributed by atoms with Gasteiger partial charge in [-0.25, -0.2) is 4.79 Å². The lowest BCUT2D eigenvalue weighted by Crippen LogP contribution is -2.52. The third-order valence-electron chi connectivity index (χ3n) is 7.77. The Morgan fingerprint density at radius 1 is 1.11 bits per heavy atom. The first kappa shape index (κ1) is 25.6. The molecule has 3 heterocycles. The van der Waals surface area contributed by atoms with Gasteiger partial charge in [-0.15, -0.1) is 0 Å². The molecule has 3 aliphatic rings. The molecule has 1 aromatic carbocycles. The summed E-state index contributed by atoms with van der Waals surface area (Å²) in [5, 5.41) is 2.75. The lowest BCUT2D eigenvalue weighted by molar-refractivity contribution is -0.136. The van der Waals surface area contributed by atoms with Crippen molar-refractivity contribution in [2.45, 2.75) is 63.5 Å². The van der Waals surface area contributed by atoms with Crippen LogP contribution in [0.3, 0.4) is 0 Å². The molecular weight excluding hydrogens is 444 g/mol. The third kappa shape index (κ3) is 6.61. The minimum atomic E-state index is -0.784. The first-order valence-electron chi connectivity index (χ1n) is 13.2. The predicted octanol–water partition coefficient (Wildman–Crippen LogP) is 2.67. The number of rotatable bonds is 11. The number of fused-ring (bicyclic) bond motifs is 1. The van der Waals surface area contributed by atoms with Gasteiger partial charge in [0.2, 0.25) is 5.91 Å².